The number of hydrogen-bond acceptors (Lipinski definition) is 6. The van der Waals surface area contributed by atoms with E-state index in [4.69, 9.17) is 9.84 Å². The molecule has 0 saturated carbocycles. The summed E-state index contributed by atoms with van der Waals surface area (Å²) in [5.41, 5.74) is 6.07. The standard InChI is InChI=1S/C32H33N7O2/c1-22-30(24-18-28-27(34-19-24)14-9-15-33-28)37-39(25-12-7-4-8-13-25)31(22)36-32(40)35-29-21-38(16-17-41-2)20-26(29)23-10-5-3-6-11-23/h3-15,18-19,26,29H,16-17,20-21H2,1-2H3,(H2,35,36,40)/t26-,29+/m0/s1. The monoisotopic (exact) mass is 547 g/mol. The Bertz CT molecular complexity index is 1640. The lowest BCUT2D eigenvalue weighted by molar-refractivity contribution is 0.159. The Morgan fingerprint density at radius 1 is 0.976 bits per heavy atom. The van der Waals surface area contributed by atoms with E-state index in [2.05, 4.69) is 37.6 Å². The zero-order valence-electron chi connectivity index (χ0n) is 23.2. The van der Waals surface area contributed by atoms with Crippen LogP contribution in [0, 0.1) is 6.92 Å². The first kappa shape index (κ1) is 26.6. The zero-order chi connectivity index (χ0) is 28.2. The molecule has 9 heteroatoms. The Labute approximate surface area is 239 Å². The molecule has 1 saturated heterocycles. The van der Waals surface area contributed by atoms with Crippen molar-refractivity contribution in [1.82, 2.24) is 30.0 Å². The number of fused-ring (bicyclic) bond motifs is 1. The van der Waals surface area contributed by atoms with E-state index >= 15 is 0 Å². The summed E-state index contributed by atoms with van der Waals surface area (Å²) in [6, 6.07) is 25.6. The molecule has 0 spiro atoms. The van der Waals surface area contributed by atoms with Gasteiger partial charge < -0.3 is 10.1 Å². The van der Waals surface area contributed by atoms with Crippen molar-refractivity contribution in [3.8, 4) is 16.9 Å². The SMILES string of the molecule is COCCN1C[C@@H](NC(=O)Nc2c(C)c(-c3cnc4cccnc4c3)nn2-c2ccccc2)[C@H](c2ccccc2)C1. The summed E-state index contributed by atoms with van der Waals surface area (Å²) in [5, 5.41) is 11.3. The number of carbonyl (C=O) groups excluding carboxylic acids is 1. The molecule has 41 heavy (non-hydrogen) atoms. The van der Waals surface area contributed by atoms with Crippen molar-refractivity contribution >= 4 is 22.9 Å². The van der Waals surface area contributed by atoms with E-state index in [1.165, 1.54) is 5.56 Å². The number of anilines is 1. The molecule has 4 heterocycles. The van der Waals surface area contributed by atoms with Crippen molar-refractivity contribution < 1.29 is 9.53 Å². The van der Waals surface area contributed by atoms with Crippen LogP contribution in [-0.2, 0) is 4.74 Å². The molecule has 9 nitrogen and oxygen atoms in total. The molecule has 1 aliphatic rings. The summed E-state index contributed by atoms with van der Waals surface area (Å²) in [4.78, 5) is 25.0. The molecule has 2 aromatic carbocycles. The van der Waals surface area contributed by atoms with Gasteiger partial charge in [0, 0.05) is 56.2 Å². The van der Waals surface area contributed by atoms with Gasteiger partial charge in [-0.05, 0) is 42.8 Å². The number of ether oxygens (including phenoxy) is 1. The molecule has 208 valence electrons. The molecule has 1 fully saturated rings. The van der Waals surface area contributed by atoms with Gasteiger partial charge in [0.25, 0.3) is 0 Å². The molecular weight excluding hydrogens is 514 g/mol. The van der Waals surface area contributed by atoms with Gasteiger partial charge >= 0.3 is 6.03 Å². The molecule has 0 radical (unpaired) electrons. The number of rotatable bonds is 8. The van der Waals surface area contributed by atoms with E-state index in [0.29, 0.717) is 12.4 Å². The van der Waals surface area contributed by atoms with Crippen molar-refractivity contribution in [1.29, 1.82) is 0 Å². The summed E-state index contributed by atoms with van der Waals surface area (Å²) in [5.74, 6) is 0.779. The van der Waals surface area contributed by atoms with Crippen LogP contribution in [-0.4, -0.2) is 70.1 Å². The van der Waals surface area contributed by atoms with Gasteiger partial charge in [0.05, 0.1) is 35.1 Å². The van der Waals surface area contributed by atoms with Gasteiger partial charge in [-0.25, -0.2) is 9.48 Å². The molecular formula is C32H33N7O2. The number of hydrogen-bond donors (Lipinski definition) is 2. The van der Waals surface area contributed by atoms with E-state index < -0.39 is 0 Å². The fraction of sp³-hybridized carbons (Fsp3) is 0.250. The minimum Gasteiger partial charge on any atom is -0.383 e. The molecule has 0 unspecified atom stereocenters. The first-order chi connectivity index (χ1) is 20.1. The second-order valence-corrected chi connectivity index (χ2v) is 10.3. The lowest BCUT2D eigenvalue weighted by atomic mass is 9.94. The van der Waals surface area contributed by atoms with E-state index in [-0.39, 0.29) is 18.0 Å². The summed E-state index contributed by atoms with van der Waals surface area (Å²) in [6.07, 6.45) is 3.55. The van der Waals surface area contributed by atoms with Crippen LogP contribution in [0.2, 0.25) is 0 Å². The largest absolute Gasteiger partial charge is 0.383 e. The van der Waals surface area contributed by atoms with E-state index in [1.54, 1.807) is 24.2 Å². The van der Waals surface area contributed by atoms with Crippen LogP contribution in [0.1, 0.15) is 17.0 Å². The molecule has 5 aromatic rings. The lowest BCUT2D eigenvalue weighted by Gasteiger charge is -2.21. The van der Waals surface area contributed by atoms with Gasteiger partial charge in [-0.1, -0.05) is 48.5 Å². The van der Waals surface area contributed by atoms with Gasteiger partial charge in [-0.3, -0.25) is 20.2 Å². The molecule has 0 bridgehead atoms. The van der Waals surface area contributed by atoms with Crippen LogP contribution >= 0.6 is 0 Å². The van der Waals surface area contributed by atoms with E-state index in [9.17, 15) is 4.79 Å². The molecule has 3 aromatic heterocycles. The number of aromatic nitrogens is 4. The Morgan fingerprint density at radius 2 is 1.76 bits per heavy atom. The molecule has 1 aliphatic heterocycles. The van der Waals surface area contributed by atoms with E-state index in [0.717, 1.165) is 53.2 Å². The van der Waals surface area contributed by atoms with Crippen molar-refractivity contribution in [2.75, 3.05) is 38.7 Å². The number of carbonyl (C=O) groups is 1. The molecule has 2 N–H and O–H groups in total. The minimum atomic E-state index is -0.269. The van der Waals surface area contributed by atoms with Crippen LogP contribution in [0.4, 0.5) is 10.6 Å². The highest BCUT2D eigenvalue weighted by Crippen LogP contribution is 2.32. The molecule has 6 rings (SSSR count). The highest BCUT2D eigenvalue weighted by molar-refractivity contribution is 5.91. The molecule has 0 aliphatic carbocycles. The number of methoxy groups -OCH3 is 1. The van der Waals surface area contributed by atoms with Gasteiger partial charge in [0.2, 0.25) is 0 Å². The summed E-state index contributed by atoms with van der Waals surface area (Å²) in [6.45, 7) is 5.03. The predicted octanol–water partition coefficient (Wildman–Crippen LogP) is 5.03. The Morgan fingerprint density at radius 3 is 2.54 bits per heavy atom. The number of benzene rings is 2. The van der Waals surface area contributed by atoms with Crippen molar-refractivity contribution in [3.05, 3.63) is 102 Å². The van der Waals surface area contributed by atoms with Crippen molar-refractivity contribution in [2.45, 2.75) is 18.9 Å². The zero-order valence-corrected chi connectivity index (χ0v) is 23.2. The maximum atomic E-state index is 13.6. The number of nitrogens with zero attached hydrogens (tertiary/aromatic N) is 5. The smallest absolute Gasteiger partial charge is 0.320 e. The predicted molar refractivity (Wildman–Crippen MR) is 160 cm³/mol. The van der Waals surface area contributed by atoms with Crippen molar-refractivity contribution in [3.63, 3.8) is 0 Å². The Hall–Kier alpha value is -4.60. The van der Waals surface area contributed by atoms with Crippen LogP contribution in [0.3, 0.4) is 0 Å². The van der Waals surface area contributed by atoms with Crippen molar-refractivity contribution in [2.24, 2.45) is 0 Å². The first-order valence-corrected chi connectivity index (χ1v) is 13.8. The lowest BCUT2D eigenvalue weighted by Crippen LogP contribution is -2.42. The third-order valence-electron chi connectivity index (χ3n) is 7.63. The third-order valence-corrected chi connectivity index (χ3v) is 7.63. The maximum Gasteiger partial charge on any atom is 0.320 e. The highest BCUT2D eigenvalue weighted by atomic mass is 16.5. The summed E-state index contributed by atoms with van der Waals surface area (Å²) >= 11 is 0. The van der Waals surface area contributed by atoms with Gasteiger partial charge in [-0.15, -0.1) is 0 Å². The molecule has 2 atom stereocenters. The van der Waals surface area contributed by atoms with Crippen LogP contribution in [0.15, 0.2) is 91.3 Å². The second-order valence-electron chi connectivity index (χ2n) is 10.3. The third kappa shape index (κ3) is 5.68. The number of para-hydroxylation sites is 1. The van der Waals surface area contributed by atoms with E-state index in [1.807, 2.05) is 73.7 Å². The summed E-state index contributed by atoms with van der Waals surface area (Å²) in [7, 11) is 1.71. The Balaban J connectivity index is 1.30. The average Bonchev–Trinajstić information content (AvgIpc) is 3.56. The molecule has 2 amide bonds. The number of amides is 2. The first-order valence-electron chi connectivity index (χ1n) is 13.8. The minimum absolute atomic E-state index is 0.0575. The second kappa shape index (κ2) is 11.9. The fourth-order valence-corrected chi connectivity index (χ4v) is 5.54. The summed E-state index contributed by atoms with van der Waals surface area (Å²) < 4.78 is 7.09. The van der Waals surface area contributed by atoms with Crippen LogP contribution in [0.25, 0.3) is 28.0 Å². The number of urea groups is 1. The van der Waals surface area contributed by atoms with Crippen LogP contribution < -0.4 is 10.6 Å². The van der Waals surface area contributed by atoms with Gasteiger partial charge in [-0.2, -0.15) is 5.10 Å². The number of nitrogens with one attached hydrogen (secondary N) is 2. The number of likely N-dealkylation sites (tertiary alicyclic amines) is 1. The van der Waals surface area contributed by atoms with Gasteiger partial charge in [0.15, 0.2) is 0 Å². The Kier molecular flexibility index (Phi) is 7.71. The maximum absolute atomic E-state index is 13.6. The van der Waals surface area contributed by atoms with Gasteiger partial charge in [0.1, 0.15) is 5.82 Å². The van der Waals surface area contributed by atoms with Crippen LogP contribution in [0.5, 0.6) is 0 Å². The topological polar surface area (TPSA) is 97.2 Å². The average molecular weight is 548 g/mol. The quantitative estimate of drug-likeness (QED) is 0.283. The number of pyridine rings is 2. The normalized spacial score (nSPS) is 17.1. The highest BCUT2D eigenvalue weighted by Gasteiger charge is 2.35. The fourth-order valence-electron chi connectivity index (χ4n) is 5.54.